The fourth-order valence-electron chi connectivity index (χ4n) is 0.816. The third-order valence-corrected chi connectivity index (χ3v) is 1.42. The van der Waals surface area contributed by atoms with Gasteiger partial charge in [-0.15, -0.1) is 0 Å². The first-order chi connectivity index (χ1) is 5.39. The Morgan fingerprint density at radius 1 is 0.917 bits per heavy atom. The van der Waals surface area contributed by atoms with Crippen molar-refractivity contribution in [1.29, 1.82) is 0 Å². The van der Waals surface area contributed by atoms with Crippen LogP contribution in [0.15, 0.2) is 0 Å². The van der Waals surface area contributed by atoms with Crippen molar-refractivity contribution in [2.45, 2.75) is 26.1 Å². The van der Waals surface area contributed by atoms with E-state index in [1.807, 2.05) is 20.8 Å². The van der Waals surface area contributed by atoms with E-state index < -0.39 is 21.8 Å². The van der Waals surface area contributed by atoms with Crippen LogP contribution in [0.3, 0.4) is 0 Å². The fourth-order valence-corrected chi connectivity index (χ4v) is 0.816. The molecule has 0 unspecified atom stereocenters. The Bertz CT molecular complexity index is 149. The van der Waals surface area contributed by atoms with Crippen LogP contribution in [0.1, 0.15) is 20.8 Å². The van der Waals surface area contributed by atoms with Crippen molar-refractivity contribution < 1.29 is 23.8 Å². The predicted octanol–water partition coefficient (Wildman–Crippen LogP) is -0.708. The van der Waals surface area contributed by atoms with E-state index in [1.165, 1.54) is 0 Å². The van der Waals surface area contributed by atoms with Gasteiger partial charge in [0.05, 0.1) is 0 Å². The van der Waals surface area contributed by atoms with Gasteiger partial charge in [-0.05, 0) is 5.31 Å². The van der Waals surface area contributed by atoms with Gasteiger partial charge >= 0.3 is 21.8 Å². The molecule has 0 radical (unpaired) electrons. The Morgan fingerprint density at radius 2 is 1.33 bits per heavy atom. The third-order valence-electron chi connectivity index (χ3n) is 1.42. The van der Waals surface area contributed by atoms with Crippen molar-refractivity contribution in [3.05, 3.63) is 0 Å². The molecule has 0 spiro atoms. The van der Waals surface area contributed by atoms with Gasteiger partial charge in [0.25, 0.3) is 0 Å². The highest BCUT2D eigenvalue weighted by Gasteiger charge is 2.46. The second-order valence-electron chi connectivity index (χ2n) is 3.72. The van der Waals surface area contributed by atoms with E-state index in [0.717, 1.165) is 0 Å². The summed E-state index contributed by atoms with van der Waals surface area (Å²) in [6, 6.07) is 0. The highest BCUT2D eigenvalue weighted by molar-refractivity contribution is 6.70. The Labute approximate surface area is 72.5 Å². The van der Waals surface area contributed by atoms with Crippen LogP contribution in [0, 0.1) is 0 Å². The number of hydrogen-bond donors (Lipinski definition) is 2. The van der Waals surface area contributed by atoms with Gasteiger partial charge in [0.1, 0.15) is 0 Å². The maximum Gasteiger partial charge on any atom is 0.610 e. The lowest BCUT2D eigenvalue weighted by molar-refractivity contribution is 0.158. The van der Waals surface area contributed by atoms with Gasteiger partial charge in [-0.3, -0.25) is 0 Å². The quantitative estimate of drug-likeness (QED) is 0.472. The molecular formula is C4H11B3O5. The number of hydrogen-bond acceptors (Lipinski definition) is 5. The van der Waals surface area contributed by atoms with Crippen LogP contribution in [0.4, 0.5) is 0 Å². The second kappa shape index (κ2) is 3.39. The van der Waals surface area contributed by atoms with Gasteiger partial charge in [0.2, 0.25) is 0 Å². The zero-order valence-electron chi connectivity index (χ0n) is 7.35. The SMILES string of the molecule is CC(C)(C)B1OB(O)OB(O)O1. The summed E-state index contributed by atoms with van der Waals surface area (Å²) < 4.78 is 14.1. The van der Waals surface area contributed by atoms with Crippen LogP contribution < -0.4 is 0 Å². The predicted molar refractivity (Wildman–Crippen MR) is 44.7 cm³/mol. The highest BCUT2D eigenvalue weighted by Crippen LogP contribution is 2.30. The van der Waals surface area contributed by atoms with Gasteiger partial charge in [-0.1, -0.05) is 20.8 Å². The van der Waals surface area contributed by atoms with Gasteiger partial charge in [-0.2, -0.15) is 0 Å². The highest BCUT2D eigenvalue weighted by atomic mass is 16.8. The van der Waals surface area contributed by atoms with E-state index in [1.54, 1.807) is 0 Å². The van der Waals surface area contributed by atoms with Gasteiger partial charge < -0.3 is 23.8 Å². The van der Waals surface area contributed by atoms with Crippen LogP contribution >= 0.6 is 0 Å². The van der Waals surface area contributed by atoms with Crippen molar-refractivity contribution in [2.24, 2.45) is 0 Å². The standard InChI is InChI=1S/C4H11B3O5/c1-4(2,3)5-10-6(8)12-7(9)11-5/h8-9H,1-3H3. The first kappa shape index (κ1) is 10.1. The van der Waals surface area contributed by atoms with Gasteiger partial charge in [0, 0.05) is 0 Å². The molecule has 1 aliphatic rings. The molecule has 0 saturated carbocycles. The largest absolute Gasteiger partial charge is 0.610 e. The minimum atomic E-state index is -1.42. The maximum atomic E-state index is 8.93. The molecule has 0 aromatic heterocycles. The zero-order chi connectivity index (χ0) is 9.35. The van der Waals surface area contributed by atoms with E-state index in [-0.39, 0.29) is 5.31 Å². The van der Waals surface area contributed by atoms with Crippen molar-refractivity contribution in [1.82, 2.24) is 0 Å². The fraction of sp³-hybridized carbons (Fsp3) is 1.00. The lowest BCUT2D eigenvalue weighted by Gasteiger charge is -2.31. The summed E-state index contributed by atoms with van der Waals surface area (Å²) in [6.07, 6.45) is 0. The molecule has 0 aromatic carbocycles. The zero-order valence-corrected chi connectivity index (χ0v) is 7.35. The molecule has 1 fully saturated rings. The Kier molecular flexibility index (Phi) is 2.85. The molecule has 8 heteroatoms. The molecule has 0 amide bonds. The normalized spacial score (nSPS) is 20.2. The smallest absolute Gasteiger partial charge is 0.426 e. The maximum absolute atomic E-state index is 8.93. The van der Waals surface area contributed by atoms with E-state index in [2.05, 4.69) is 4.57 Å². The van der Waals surface area contributed by atoms with E-state index in [0.29, 0.717) is 0 Å². The van der Waals surface area contributed by atoms with Crippen LogP contribution in [0.2, 0.25) is 5.31 Å². The molecule has 0 aromatic rings. The molecule has 12 heavy (non-hydrogen) atoms. The van der Waals surface area contributed by atoms with Crippen molar-refractivity contribution >= 4 is 21.8 Å². The molecule has 5 nitrogen and oxygen atoms in total. The molecule has 1 saturated heterocycles. The average Bonchev–Trinajstić information content (AvgIpc) is 1.82. The first-order valence-electron chi connectivity index (χ1n) is 3.72. The van der Waals surface area contributed by atoms with Crippen LogP contribution in [-0.4, -0.2) is 31.8 Å². The van der Waals surface area contributed by atoms with E-state index in [4.69, 9.17) is 19.2 Å². The van der Waals surface area contributed by atoms with Crippen LogP contribution in [-0.2, 0) is 13.7 Å². The summed E-state index contributed by atoms with van der Waals surface area (Å²) >= 11 is 0. The van der Waals surface area contributed by atoms with Crippen molar-refractivity contribution in [3.8, 4) is 0 Å². The molecule has 1 rings (SSSR count). The average molecular weight is 172 g/mol. The summed E-state index contributed by atoms with van der Waals surface area (Å²) in [6.45, 7) is 5.59. The minimum Gasteiger partial charge on any atom is -0.426 e. The molecule has 0 atom stereocenters. The van der Waals surface area contributed by atoms with Crippen molar-refractivity contribution in [3.63, 3.8) is 0 Å². The second-order valence-corrected chi connectivity index (χ2v) is 3.72. The summed E-state index contributed by atoms with van der Waals surface area (Å²) in [4.78, 5) is 0. The molecular weight excluding hydrogens is 160 g/mol. The Hall–Kier alpha value is -0.00519. The Balaban J connectivity index is 2.55. The van der Waals surface area contributed by atoms with Crippen molar-refractivity contribution in [2.75, 3.05) is 0 Å². The van der Waals surface area contributed by atoms with Gasteiger partial charge in [0.15, 0.2) is 0 Å². The van der Waals surface area contributed by atoms with E-state index in [9.17, 15) is 0 Å². The third kappa shape index (κ3) is 2.50. The Morgan fingerprint density at radius 3 is 1.67 bits per heavy atom. The first-order valence-corrected chi connectivity index (χ1v) is 3.72. The molecule has 1 heterocycles. The summed E-state index contributed by atoms with van der Waals surface area (Å²) in [5.41, 5.74) is 0. The number of rotatable bonds is 0. The topological polar surface area (TPSA) is 68.2 Å². The van der Waals surface area contributed by atoms with E-state index >= 15 is 0 Å². The molecule has 66 valence electrons. The molecule has 1 aliphatic heterocycles. The summed E-state index contributed by atoms with van der Waals surface area (Å²) in [7, 11) is -3.51. The lowest BCUT2D eigenvalue weighted by Crippen LogP contribution is -2.52. The summed E-state index contributed by atoms with van der Waals surface area (Å²) in [5.74, 6) is 0. The monoisotopic (exact) mass is 172 g/mol. The molecule has 2 N–H and O–H groups in total. The lowest BCUT2D eigenvalue weighted by atomic mass is 9.58. The van der Waals surface area contributed by atoms with Crippen LogP contribution in [0.25, 0.3) is 0 Å². The molecule has 0 bridgehead atoms. The van der Waals surface area contributed by atoms with Gasteiger partial charge in [-0.25, -0.2) is 0 Å². The minimum absolute atomic E-state index is 0.314. The van der Waals surface area contributed by atoms with Crippen LogP contribution in [0.5, 0.6) is 0 Å². The molecule has 0 aliphatic carbocycles. The summed E-state index contributed by atoms with van der Waals surface area (Å²) in [5, 5.41) is 17.5.